The van der Waals surface area contributed by atoms with E-state index in [9.17, 15) is 9.50 Å². The molecule has 3 heterocycles. The molecule has 1 aromatic heterocycles. The number of anilines is 1. The Kier molecular flexibility index (Phi) is 4.40. The first-order valence-electron chi connectivity index (χ1n) is 9.18. The molecule has 2 aliphatic heterocycles. The van der Waals surface area contributed by atoms with Gasteiger partial charge in [0.2, 0.25) is 5.95 Å². The standard InChI is InChI=1S/C20H25FN4O/c1-24(2)19-22-11-14(12-23-19)13-25-15-7-8-16(25)10-20(26,9-15)17-5-3-4-6-18(17)21/h3-6,11-12,15-16,26H,7-10,13H2,1-2H3/t15-,16-/m0/s1. The predicted octanol–water partition coefficient (Wildman–Crippen LogP) is 2.70. The van der Waals surface area contributed by atoms with Gasteiger partial charge in [0.05, 0.1) is 5.60 Å². The molecule has 5 nitrogen and oxygen atoms in total. The van der Waals surface area contributed by atoms with E-state index in [-0.39, 0.29) is 17.9 Å². The third-order valence-corrected chi connectivity index (χ3v) is 5.75. The van der Waals surface area contributed by atoms with Crippen molar-refractivity contribution < 1.29 is 9.50 Å². The average molecular weight is 356 g/mol. The summed E-state index contributed by atoms with van der Waals surface area (Å²) in [7, 11) is 3.84. The van der Waals surface area contributed by atoms with Gasteiger partial charge >= 0.3 is 0 Å². The van der Waals surface area contributed by atoms with Crippen LogP contribution in [0.4, 0.5) is 10.3 Å². The average Bonchev–Trinajstić information content (AvgIpc) is 2.86. The third-order valence-electron chi connectivity index (χ3n) is 5.75. The highest BCUT2D eigenvalue weighted by molar-refractivity contribution is 5.28. The molecule has 1 aromatic carbocycles. The van der Waals surface area contributed by atoms with Crippen molar-refractivity contribution in [3.05, 3.63) is 53.6 Å². The van der Waals surface area contributed by atoms with Crippen molar-refractivity contribution in [2.24, 2.45) is 0 Å². The lowest BCUT2D eigenvalue weighted by Crippen LogP contribution is -2.49. The van der Waals surface area contributed by atoms with Crippen LogP contribution in [0.3, 0.4) is 0 Å². The van der Waals surface area contributed by atoms with Gasteiger partial charge in [0.25, 0.3) is 0 Å². The van der Waals surface area contributed by atoms with E-state index in [1.54, 1.807) is 18.2 Å². The maximum atomic E-state index is 14.2. The zero-order chi connectivity index (χ0) is 18.3. The Balaban J connectivity index is 1.51. The van der Waals surface area contributed by atoms with Crippen LogP contribution in [0.25, 0.3) is 0 Å². The molecule has 0 unspecified atom stereocenters. The second-order valence-corrected chi connectivity index (χ2v) is 7.76. The molecule has 0 saturated carbocycles. The maximum Gasteiger partial charge on any atom is 0.224 e. The zero-order valence-electron chi connectivity index (χ0n) is 15.3. The summed E-state index contributed by atoms with van der Waals surface area (Å²) in [6, 6.07) is 7.14. The van der Waals surface area contributed by atoms with Crippen molar-refractivity contribution in [2.75, 3.05) is 19.0 Å². The summed E-state index contributed by atoms with van der Waals surface area (Å²) >= 11 is 0. The highest BCUT2D eigenvalue weighted by Gasteiger charge is 2.48. The largest absolute Gasteiger partial charge is 0.385 e. The summed E-state index contributed by atoms with van der Waals surface area (Å²) in [4.78, 5) is 13.1. The van der Waals surface area contributed by atoms with Gasteiger partial charge in [0, 0.05) is 56.2 Å². The molecule has 6 heteroatoms. The van der Waals surface area contributed by atoms with E-state index in [2.05, 4.69) is 14.9 Å². The molecule has 0 amide bonds. The lowest BCUT2D eigenvalue weighted by Gasteiger charge is -2.44. The minimum atomic E-state index is -1.07. The Morgan fingerprint density at radius 2 is 1.77 bits per heavy atom. The van der Waals surface area contributed by atoms with E-state index < -0.39 is 5.60 Å². The van der Waals surface area contributed by atoms with Crippen molar-refractivity contribution in [3.8, 4) is 0 Å². The SMILES string of the molecule is CN(C)c1ncc(CN2[C@H]3CC[C@H]2CC(O)(c2ccccc2F)C3)cn1. The van der Waals surface area contributed by atoms with Crippen molar-refractivity contribution in [1.82, 2.24) is 14.9 Å². The Morgan fingerprint density at radius 3 is 2.35 bits per heavy atom. The number of aromatic nitrogens is 2. The van der Waals surface area contributed by atoms with Crippen molar-refractivity contribution >= 4 is 5.95 Å². The van der Waals surface area contributed by atoms with Crippen molar-refractivity contribution in [3.63, 3.8) is 0 Å². The molecule has 2 aromatic rings. The maximum absolute atomic E-state index is 14.2. The number of piperidine rings is 1. The van der Waals surface area contributed by atoms with E-state index in [1.165, 1.54) is 6.07 Å². The Hall–Kier alpha value is -2.05. The summed E-state index contributed by atoms with van der Waals surface area (Å²) in [5.41, 5.74) is 0.443. The minimum Gasteiger partial charge on any atom is -0.385 e. The van der Waals surface area contributed by atoms with Crippen molar-refractivity contribution in [1.29, 1.82) is 0 Å². The summed E-state index contributed by atoms with van der Waals surface area (Å²) in [6.07, 6.45) is 6.97. The first-order valence-corrected chi connectivity index (χ1v) is 9.18. The summed E-state index contributed by atoms with van der Waals surface area (Å²) < 4.78 is 14.2. The lowest BCUT2D eigenvalue weighted by molar-refractivity contribution is -0.0616. The topological polar surface area (TPSA) is 52.5 Å². The zero-order valence-corrected chi connectivity index (χ0v) is 15.3. The Labute approximate surface area is 153 Å². The van der Waals surface area contributed by atoms with Gasteiger partial charge in [-0.15, -0.1) is 0 Å². The van der Waals surface area contributed by atoms with Gasteiger partial charge in [-0.25, -0.2) is 14.4 Å². The first-order chi connectivity index (χ1) is 12.5. The second-order valence-electron chi connectivity index (χ2n) is 7.76. The quantitative estimate of drug-likeness (QED) is 0.913. The molecular formula is C20H25FN4O. The first kappa shape index (κ1) is 17.4. The van der Waals surface area contributed by atoms with E-state index >= 15 is 0 Å². The number of aliphatic hydroxyl groups is 1. The van der Waals surface area contributed by atoms with Crippen LogP contribution in [0.1, 0.15) is 36.8 Å². The van der Waals surface area contributed by atoms with Gasteiger partial charge in [0.15, 0.2) is 0 Å². The normalized spacial score (nSPS) is 28.3. The fourth-order valence-electron chi connectivity index (χ4n) is 4.50. The molecule has 2 atom stereocenters. The molecule has 2 aliphatic rings. The number of fused-ring (bicyclic) bond motifs is 2. The van der Waals surface area contributed by atoms with Gasteiger partial charge in [0.1, 0.15) is 5.82 Å². The summed E-state index contributed by atoms with van der Waals surface area (Å²) in [6.45, 7) is 0.774. The predicted molar refractivity (Wildman–Crippen MR) is 98.2 cm³/mol. The van der Waals surface area contributed by atoms with Crippen LogP contribution < -0.4 is 4.90 Å². The smallest absolute Gasteiger partial charge is 0.224 e. The van der Waals surface area contributed by atoms with Gasteiger partial charge in [-0.3, -0.25) is 4.90 Å². The molecule has 1 N–H and O–H groups in total. The van der Waals surface area contributed by atoms with Crippen LogP contribution in [-0.4, -0.2) is 46.2 Å². The Bertz CT molecular complexity index is 766. The Morgan fingerprint density at radius 1 is 1.15 bits per heavy atom. The van der Waals surface area contributed by atoms with Gasteiger partial charge in [-0.2, -0.15) is 0 Å². The summed E-state index contributed by atoms with van der Waals surface area (Å²) in [5.74, 6) is 0.389. The highest BCUT2D eigenvalue weighted by Crippen LogP contribution is 2.46. The number of rotatable bonds is 4. The molecule has 0 spiro atoms. The van der Waals surface area contributed by atoms with Crippen LogP contribution in [0.15, 0.2) is 36.7 Å². The van der Waals surface area contributed by atoms with Gasteiger partial charge in [-0.05, 0) is 31.7 Å². The molecule has 0 radical (unpaired) electrons. The molecule has 138 valence electrons. The van der Waals surface area contributed by atoms with E-state index in [0.717, 1.165) is 24.9 Å². The van der Waals surface area contributed by atoms with E-state index in [0.29, 0.717) is 24.4 Å². The number of halogens is 1. The molecule has 4 rings (SSSR count). The van der Waals surface area contributed by atoms with Gasteiger partial charge in [-0.1, -0.05) is 18.2 Å². The molecule has 0 aliphatic carbocycles. The fourth-order valence-corrected chi connectivity index (χ4v) is 4.50. The molecular weight excluding hydrogens is 331 g/mol. The highest BCUT2D eigenvalue weighted by atomic mass is 19.1. The lowest BCUT2D eigenvalue weighted by atomic mass is 9.80. The number of hydrogen-bond acceptors (Lipinski definition) is 5. The molecule has 2 fully saturated rings. The second kappa shape index (κ2) is 6.59. The number of nitrogens with zero attached hydrogens (tertiary/aromatic N) is 4. The van der Waals surface area contributed by atoms with E-state index in [1.807, 2.05) is 31.4 Å². The van der Waals surface area contributed by atoms with Crippen LogP contribution in [-0.2, 0) is 12.1 Å². The van der Waals surface area contributed by atoms with Gasteiger partial charge < -0.3 is 10.0 Å². The number of hydrogen-bond donors (Lipinski definition) is 1. The van der Waals surface area contributed by atoms with Crippen LogP contribution in [0.5, 0.6) is 0 Å². The van der Waals surface area contributed by atoms with Crippen molar-refractivity contribution in [2.45, 2.75) is 49.9 Å². The van der Waals surface area contributed by atoms with E-state index in [4.69, 9.17) is 0 Å². The third kappa shape index (κ3) is 3.08. The molecule has 2 bridgehead atoms. The molecule has 26 heavy (non-hydrogen) atoms. The fraction of sp³-hybridized carbons (Fsp3) is 0.500. The summed E-state index contributed by atoms with van der Waals surface area (Å²) in [5, 5.41) is 11.2. The minimum absolute atomic E-state index is 0.256. The van der Waals surface area contributed by atoms with Crippen LogP contribution in [0.2, 0.25) is 0 Å². The monoisotopic (exact) mass is 356 g/mol. The molecule has 2 saturated heterocycles. The number of benzene rings is 1. The van der Waals surface area contributed by atoms with Crippen LogP contribution in [0, 0.1) is 5.82 Å². The van der Waals surface area contributed by atoms with Crippen LogP contribution >= 0.6 is 0 Å².